The van der Waals surface area contributed by atoms with Gasteiger partial charge in [-0.15, -0.1) is 4.98 Å². The first-order valence-corrected chi connectivity index (χ1v) is 12.4. The first-order valence-electron chi connectivity index (χ1n) is 12.4. The van der Waals surface area contributed by atoms with E-state index in [0.29, 0.717) is 35.9 Å². The zero-order valence-corrected chi connectivity index (χ0v) is 20.7. The number of aryl methyl sites for hydroxylation is 1. The summed E-state index contributed by atoms with van der Waals surface area (Å²) >= 11 is 0. The molecule has 2 aliphatic rings. The van der Waals surface area contributed by atoms with Crippen LogP contribution in [0, 0.1) is 12.4 Å². The van der Waals surface area contributed by atoms with Gasteiger partial charge in [-0.25, -0.2) is 9.18 Å². The monoisotopic (exact) mass is 474 g/mol. The van der Waals surface area contributed by atoms with Crippen LogP contribution in [0.2, 0.25) is 0 Å². The van der Waals surface area contributed by atoms with Crippen molar-refractivity contribution in [2.75, 3.05) is 18.0 Å². The molecule has 182 valence electrons. The van der Waals surface area contributed by atoms with Gasteiger partial charge in [0.05, 0.1) is 5.52 Å². The minimum absolute atomic E-state index is 0.0234. The van der Waals surface area contributed by atoms with E-state index >= 15 is 4.39 Å². The van der Waals surface area contributed by atoms with E-state index in [1.807, 2.05) is 6.07 Å². The molecular weight excluding hydrogens is 443 g/mol. The molecule has 1 saturated heterocycles. The number of benzene rings is 1. The van der Waals surface area contributed by atoms with Crippen molar-refractivity contribution >= 4 is 22.7 Å². The fraction of sp³-hybridized carbons (Fsp3) is 0.481. The van der Waals surface area contributed by atoms with Gasteiger partial charge in [-0.05, 0) is 62.8 Å². The SMILES string of the molecule is [C-]#[N+]c1ccc2c(n1)c(N1C[C@@H](C)N(C(CC)c3ccc(C4CC4)cc3F)C[C@@H]1C)nc(=O)n2C. The fourth-order valence-corrected chi connectivity index (χ4v) is 5.46. The molecule has 3 aromatic rings. The molecule has 0 radical (unpaired) electrons. The van der Waals surface area contributed by atoms with Crippen molar-refractivity contribution in [3.8, 4) is 0 Å². The summed E-state index contributed by atoms with van der Waals surface area (Å²) in [5, 5.41) is 0. The molecule has 2 fully saturated rings. The highest BCUT2D eigenvalue weighted by molar-refractivity contribution is 5.87. The lowest BCUT2D eigenvalue weighted by atomic mass is 9.95. The van der Waals surface area contributed by atoms with Crippen molar-refractivity contribution in [2.24, 2.45) is 7.05 Å². The summed E-state index contributed by atoms with van der Waals surface area (Å²) in [7, 11) is 1.67. The van der Waals surface area contributed by atoms with Gasteiger partial charge in [0.25, 0.3) is 5.82 Å². The van der Waals surface area contributed by atoms with Crippen molar-refractivity contribution in [1.29, 1.82) is 0 Å². The number of halogens is 1. The summed E-state index contributed by atoms with van der Waals surface area (Å²) in [6.45, 7) is 15.0. The molecule has 1 unspecified atom stereocenters. The van der Waals surface area contributed by atoms with E-state index in [9.17, 15) is 4.79 Å². The molecule has 7 nitrogen and oxygen atoms in total. The number of rotatable bonds is 5. The average Bonchev–Trinajstić information content (AvgIpc) is 3.70. The number of hydrogen-bond acceptors (Lipinski definition) is 5. The summed E-state index contributed by atoms with van der Waals surface area (Å²) in [5.41, 5.74) is 2.73. The smallest absolute Gasteiger partial charge is 0.350 e. The highest BCUT2D eigenvalue weighted by Crippen LogP contribution is 2.41. The summed E-state index contributed by atoms with van der Waals surface area (Å²) in [4.78, 5) is 29.5. The number of pyridine rings is 1. The lowest BCUT2D eigenvalue weighted by molar-refractivity contribution is 0.104. The van der Waals surface area contributed by atoms with Crippen LogP contribution < -0.4 is 10.6 Å². The molecule has 35 heavy (non-hydrogen) atoms. The third kappa shape index (κ3) is 4.19. The molecule has 2 aromatic heterocycles. The molecule has 0 N–H and O–H groups in total. The number of fused-ring (bicyclic) bond motifs is 1. The number of nitrogens with zero attached hydrogens (tertiary/aromatic N) is 6. The van der Waals surface area contributed by atoms with Crippen LogP contribution >= 0.6 is 0 Å². The Morgan fingerprint density at radius 2 is 1.91 bits per heavy atom. The Morgan fingerprint density at radius 1 is 1.14 bits per heavy atom. The second kappa shape index (κ2) is 9.04. The van der Waals surface area contributed by atoms with E-state index in [-0.39, 0.29) is 35.5 Å². The Morgan fingerprint density at radius 3 is 2.57 bits per heavy atom. The quantitative estimate of drug-likeness (QED) is 0.490. The van der Waals surface area contributed by atoms with Gasteiger partial charge < -0.3 is 9.74 Å². The number of hydrogen-bond donors (Lipinski definition) is 0. The second-order valence-corrected chi connectivity index (χ2v) is 9.95. The molecule has 3 heterocycles. The number of anilines is 1. The van der Waals surface area contributed by atoms with Gasteiger partial charge in [0.1, 0.15) is 5.82 Å². The Kier molecular flexibility index (Phi) is 6.06. The van der Waals surface area contributed by atoms with Gasteiger partial charge in [0.2, 0.25) is 5.52 Å². The largest absolute Gasteiger partial charge is 0.361 e. The van der Waals surface area contributed by atoms with Crippen molar-refractivity contribution < 1.29 is 4.39 Å². The molecule has 0 amide bonds. The average molecular weight is 475 g/mol. The zero-order chi connectivity index (χ0) is 24.9. The van der Waals surface area contributed by atoms with E-state index in [1.165, 1.54) is 4.57 Å². The van der Waals surface area contributed by atoms with Crippen molar-refractivity contribution in [1.82, 2.24) is 19.4 Å². The van der Waals surface area contributed by atoms with E-state index in [4.69, 9.17) is 6.57 Å². The minimum atomic E-state index is -0.351. The molecule has 1 aliphatic heterocycles. The highest BCUT2D eigenvalue weighted by atomic mass is 19.1. The van der Waals surface area contributed by atoms with Crippen LogP contribution in [0.3, 0.4) is 0 Å². The Labute approximate surface area is 205 Å². The van der Waals surface area contributed by atoms with Crippen LogP contribution in [-0.2, 0) is 7.05 Å². The lowest BCUT2D eigenvalue weighted by Gasteiger charge is -2.47. The fourth-order valence-electron chi connectivity index (χ4n) is 5.46. The highest BCUT2D eigenvalue weighted by Gasteiger charge is 2.36. The van der Waals surface area contributed by atoms with Crippen molar-refractivity contribution in [2.45, 2.75) is 64.1 Å². The molecule has 1 aliphatic carbocycles. The van der Waals surface area contributed by atoms with Crippen LogP contribution in [0.5, 0.6) is 0 Å². The topological polar surface area (TPSA) is 58.6 Å². The maximum atomic E-state index is 15.2. The van der Waals surface area contributed by atoms with Gasteiger partial charge >= 0.3 is 5.69 Å². The standard InChI is InChI=1S/C27H31FN6O/c1-6-22(20-10-9-19(13-21(20)28)18-7-8-18)33-14-17(3)34(15-16(33)2)26-25-23(32(5)27(35)31-26)11-12-24(29-4)30-25/h9-13,16-18,22H,6-8,14-15H2,1-3,5H3/t16-,17+,22?/m1/s1. The van der Waals surface area contributed by atoms with E-state index in [0.717, 1.165) is 30.4 Å². The molecule has 1 aromatic carbocycles. The van der Waals surface area contributed by atoms with Crippen LogP contribution in [0.15, 0.2) is 35.1 Å². The summed E-state index contributed by atoms with van der Waals surface area (Å²) in [6, 6.07) is 9.29. The third-order valence-corrected chi connectivity index (χ3v) is 7.56. The summed E-state index contributed by atoms with van der Waals surface area (Å²) in [5.74, 6) is 1.20. The maximum absolute atomic E-state index is 15.2. The van der Waals surface area contributed by atoms with E-state index in [1.54, 1.807) is 25.2 Å². The van der Waals surface area contributed by atoms with Crippen LogP contribution in [0.25, 0.3) is 15.9 Å². The molecular formula is C27H31FN6O. The van der Waals surface area contributed by atoms with Crippen LogP contribution in [0.1, 0.15) is 63.1 Å². The molecule has 8 heteroatoms. The summed E-state index contributed by atoms with van der Waals surface area (Å²) in [6.07, 6.45) is 3.12. The van der Waals surface area contributed by atoms with Gasteiger partial charge in [-0.3, -0.25) is 9.47 Å². The Bertz CT molecular complexity index is 1370. The van der Waals surface area contributed by atoms with Crippen molar-refractivity contribution in [3.05, 3.63) is 69.2 Å². The van der Waals surface area contributed by atoms with Crippen molar-refractivity contribution in [3.63, 3.8) is 0 Å². The lowest BCUT2D eigenvalue weighted by Crippen LogP contribution is -2.58. The molecule has 0 bridgehead atoms. The number of piperazine rings is 1. The Hall–Kier alpha value is -3.31. The first-order chi connectivity index (χ1) is 16.8. The first kappa shape index (κ1) is 23.4. The predicted octanol–water partition coefficient (Wildman–Crippen LogP) is 4.95. The van der Waals surface area contributed by atoms with E-state index < -0.39 is 0 Å². The maximum Gasteiger partial charge on any atom is 0.350 e. The van der Waals surface area contributed by atoms with E-state index in [2.05, 4.69) is 51.5 Å². The van der Waals surface area contributed by atoms with Gasteiger partial charge in [-0.1, -0.05) is 25.6 Å². The molecule has 5 rings (SSSR count). The normalized spacial score (nSPS) is 21.8. The van der Waals surface area contributed by atoms with Gasteiger partial charge in [0.15, 0.2) is 5.82 Å². The molecule has 0 spiro atoms. The third-order valence-electron chi connectivity index (χ3n) is 7.56. The second-order valence-electron chi connectivity index (χ2n) is 9.95. The van der Waals surface area contributed by atoms with Gasteiger partial charge in [0, 0.05) is 43.8 Å². The number of aromatic nitrogens is 3. The van der Waals surface area contributed by atoms with Crippen LogP contribution in [-0.4, -0.2) is 44.6 Å². The molecule has 1 saturated carbocycles. The van der Waals surface area contributed by atoms with Crippen LogP contribution in [0.4, 0.5) is 16.0 Å². The minimum Gasteiger partial charge on any atom is -0.361 e. The van der Waals surface area contributed by atoms with Gasteiger partial charge in [-0.2, -0.15) is 4.98 Å². The zero-order valence-electron chi connectivity index (χ0n) is 20.7. The molecule has 3 atom stereocenters. The Balaban J connectivity index is 1.47. The summed E-state index contributed by atoms with van der Waals surface area (Å²) < 4.78 is 16.7. The predicted molar refractivity (Wildman–Crippen MR) is 135 cm³/mol.